The molecule has 7 heteroatoms. The molecule has 2 heterocycles. The van der Waals surface area contributed by atoms with Crippen LogP contribution in [0.2, 0.25) is 0 Å². The summed E-state index contributed by atoms with van der Waals surface area (Å²) in [4.78, 5) is 0. The lowest BCUT2D eigenvalue weighted by Gasteiger charge is -2.23. The van der Waals surface area contributed by atoms with Gasteiger partial charge in [-0.2, -0.15) is 23.7 Å². The van der Waals surface area contributed by atoms with E-state index >= 15 is 0 Å². The maximum atomic E-state index is 14.1. The van der Waals surface area contributed by atoms with Crippen LogP contribution in [0.3, 0.4) is 0 Å². The molecule has 60 heavy (non-hydrogen) atoms. The van der Waals surface area contributed by atoms with Crippen LogP contribution in [0.25, 0.3) is 77.2 Å². The highest BCUT2D eigenvalue weighted by Crippen LogP contribution is 2.47. The predicted molar refractivity (Wildman–Crippen MR) is 238 cm³/mol. The van der Waals surface area contributed by atoms with E-state index in [1.807, 2.05) is 54.6 Å². The zero-order valence-corrected chi connectivity index (χ0v) is 34.2. The van der Waals surface area contributed by atoms with E-state index in [1.165, 1.54) is 17.2 Å². The molecule has 0 fully saturated rings. The number of halogens is 3. The molecule has 0 atom stereocenters. The topological polar surface area (TPSA) is 57.4 Å². The SMILES string of the molecule is CC(C)(C)c1ccc2c(c1)c1ccccc1n2-c1cccc(C#N)c1-c1c(-c2ccc(C(F)(F)F)cc2C#N)cccc1-n1c2ccccc2c2cc(C(C)(C)C)ccc21. The van der Waals surface area contributed by atoms with E-state index in [1.54, 1.807) is 6.07 Å². The average Bonchev–Trinajstić information content (AvgIpc) is 3.74. The molecule has 0 bridgehead atoms. The maximum Gasteiger partial charge on any atom is 0.416 e. The molecule has 0 aliphatic heterocycles. The van der Waals surface area contributed by atoms with Crippen molar-refractivity contribution in [2.75, 3.05) is 0 Å². The van der Waals surface area contributed by atoms with Gasteiger partial charge in [-0.1, -0.05) is 114 Å². The summed E-state index contributed by atoms with van der Waals surface area (Å²) in [5.41, 5.74) is 8.71. The van der Waals surface area contributed by atoms with Crippen molar-refractivity contribution in [2.45, 2.75) is 58.5 Å². The molecule has 0 aliphatic rings. The molecule has 2 aromatic heterocycles. The first kappa shape index (κ1) is 38.4. The third-order valence-electron chi connectivity index (χ3n) is 11.8. The Morgan fingerprint density at radius 1 is 0.417 bits per heavy atom. The molecular formula is C53H41F3N4. The smallest absolute Gasteiger partial charge is 0.309 e. The van der Waals surface area contributed by atoms with E-state index in [9.17, 15) is 23.7 Å². The largest absolute Gasteiger partial charge is 0.416 e. The standard InChI is InChI=1S/C53H41F3N4/c1-51(2,3)34-22-25-45-41(28-34)38-14-7-9-17-43(38)59(45)47-19-11-13-32(30-57)49(47)50-40(37-24-21-36(53(54,55)56)27-33(37)31-58)16-12-20-48(50)60-44-18-10-8-15-39(44)42-29-35(52(4,5)6)23-26-46(42)60/h7-29H,1-6H3. The fourth-order valence-electron chi connectivity index (χ4n) is 8.74. The summed E-state index contributed by atoms with van der Waals surface area (Å²) in [6, 6.07) is 48.7. The Bertz CT molecular complexity index is 3300. The van der Waals surface area contributed by atoms with E-state index in [0.717, 1.165) is 61.4 Å². The molecular weight excluding hydrogens is 750 g/mol. The first-order chi connectivity index (χ1) is 28.6. The number of aromatic nitrogens is 2. The summed E-state index contributed by atoms with van der Waals surface area (Å²) < 4.78 is 46.8. The number of para-hydroxylation sites is 2. The van der Waals surface area contributed by atoms with Crippen LogP contribution in [0, 0.1) is 22.7 Å². The number of hydrogen-bond donors (Lipinski definition) is 0. The van der Waals surface area contributed by atoms with E-state index in [2.05, 4.69) is 123 Å². The minimum atomic E-state index is -4.65. The molecule has 0 saturated heterocycles. The number of nitrogens with zero attached hydrogens (tertiary/aromatic N) is 4. The number of alkyl halides is 3. The lowest BCUT2D eigenvalue weighted by Crippen LogP contribution is -2.10. The molecule has 9 rings (SSSR count). The monoisotopic (exact) mass is 790 g/mol. The van der Waals surface area contributed by atoms with Gasteiger partial charge in [-0.15, -0.1) is 0 Å². The Hall–Kier alpha value is -7.09. The predicted octanol–water partition coefficient (Wildman–Crippen LogP) is 14.6. The van der Waals surface area contributed by atoms with E-state index < -0.39 is 11.7 Å². The molecule has 0 amide bonds. The number of hydrogen-bond acceptors (Lipinski definition) is 2. The second-order valence-electron chi connectivity index (χ2n) is 17.6. The van der Waals surface area contributed by atoms with Crippen LogP contribution in [-0.2, 0) is 17.0 Å². The first-order valence-corrected chi connectivity index (χ1v) is 20.0. The molecule has 0 aliphatic carbocycles. The Kier molecular flexibility index (Phi) is 8.81. The van der Waals surface area contributed by atoms with Crippen LogP contribution in [-0.4, -0.2) is 9.13 Å². The summed E-state index contributed by atoms with van der Waals surface area (Å²) >= 11 is 0. The molecule has 9 aromatic rings. The Morgan fingerprint density at radius 3 is 1.38 bits per heavy atom. The van der Waals surface area contributed by atoms with Gasteiger partial charge in [-0.3, -0.25) is 0 Å². The minimum absolute atomic E-state index is 0.104. The van der Waals surface area contributed by atoms with Crippen LogP contribution in [0.4, 0.5) is 13.2 Å². The van der Waals surface area contributed by atoms with Gasteiger partial charge in [0.05, 0.1) is 62.3 Å². The van der Waals surface area contributed by atoms with Crippen molar-refractivity contribution in [1.29, 1.82) is 10.5 Å². The molecule has 0 spiro atoms. The fourth-order valence-corrected chi connectivity index (χ4v) is 8.74. The van der Waals surface area contributed by atoms with E-state index in [0.29, 0.717) is 33.5 Å². The molecule has 4 nitrogen and oxygen atoms in total. The van der Waals surface area contributed by atoms with Crippen LogP contribution in [0.15, 0.2) is 140 Å². The van der Waals surface area contributed by atoms with Crippen molar-refractivity contribution in [2.24, 2.45) is 0 Å². The fraction of sp³-hybridized carbons (Fsp3) is 0.170. The highest BCUT2D eigenvalue weighted by atomic mass is 19.4. The second-order valence-corrected chi connectivity index (χ2v) is 17.6. The molecule has 0 N–H and O–H groups in total. The third kappa shape index (κ3) is 6.12. The highest BCUT2D eigenvalue weighted by molar-refractivity contribution is 6.12. The molecule has 294 valence electrons. The normalized spacial score (nSPS) is 12.4. The van der Waals surface area contributed by atoms with Gasteiger partial charge >= 0.3 is 6.18 Å². The van der Waals surface area contributed by atoms with Crippen LogP contribution in [0.1, 0.15) is 69.4 Å². The summed E-state index contributed by atoms with van der Waals surface area (Å²) in [5.74, 6) is 0. The number of rotatable bonds is 4. The number of nitriles is 2. The number of benzene rings is 7. The van der Waals surface area contributed by atoms with Crippen LogP contribution >= 0.6 is 0 Å². The van der Waals surface area contributed by atoms with Crippen molar-refractivity contribution in [1.82, 2.24) is 9.13 Å². The lowest BCUT2D eigenvalue weighted by atomic mass is 9.86. The van der Waals surface area contributed by atoms with Gasteiger partial charge in [0.15, 0.2) is 0 Å². The summed E-state index contributed by atoms with van der Waals surface area (Å²) in [5, 5.41) is 25.8. The van der Waals surface area contributed by atoms with Gasteiger partial charge < -0.3 is 9.13 Å². The Balaban J connectivity index is 1.47. The highest BCUT2D eigenvalue weighted by Gasteiger charge is 2.32. The van der Waals surface area contributed by atoms with Crippen molar-refractivity contribution in [3.63, 3.8) is 0 Å². The third-order valence-corrected chi connectivity index (χ3v) is 11.8. The minimum Gasteiger partial charge on any atom is -0.309 e. The van der Waals surface area contributed by atoms with E-state index in [-0.39, 0.29) is 16.4 Å². The second kappa shape index (κ2) is 13.8. The summed E-state index contributed by atoms with van der Waals surface area (Å²) in [6.45, 7) is 13.1. The number of fused-ring (bicyclic) bond motifs is 6. The maximum absolute atomic E-state index is 14.1. The Labute approximate surface area is 347 Å². The Morgan fingerprint density at radius 2 is 0.883 bits per heavy atom. The summed E-state index contributed by atoms with van der Waals surface area (Å²) in [7, 11) is 0. The van der Waals surface area contributed by atoms with Gasteiger partial charge in [0.25, 0.3) is 0 Å². The molecule has 0 unspecified atom stereocenters. The van der Waals surface area contributed by atoms with Crippen molar-refractivity contribution in [3.05, 3.63) is 167 Å². The van der Waals surface area contributed by atoms with Crippen molar-refractivity contribution in [3.8, 4) is 45.8 Å². The van der Waals surface area contributed by atoms with Crippen molar-refractivity contribution >= 4 is 43.6 Å². The van der Waals surface area contributed by atoms with Gasteiger partial charge in [-0.05, 0) is 94.3 Å². The van der Waals surface area contributed by atoms with E-state index in [4.69, 9.17) is 0 Å². The van der Waals surface area contributed by atoms with Crippen LogP contribution in [0.5, 0.6) is 0 Å². The lowest BCUT2D eigenvalue weighted by molar-refractivity contribution is -0.137. The quantitative estimate of drug-likeness (QED) is 0.178. The first-order valence-electron chi connectivity index (χ1n) is 20.0. The van der Waals surface area contributed by atoms with Crippen LogP contribution < -0.4 is 0 Å². The average molecular weight is 791 g/mol. The molecule has 0 radical (unpaired) electrons. The van der Waals surface area contributed by atoms with Gasteiger partial charge in [-0.25, -0.2) is 0 Å². The van der Waals surface area contributed by atoms with Gasteiger partial charge in [0.2, 0.25) is 0 Å². The zero-order valence-electron chi connectivity index (χ0n) is 34.2. The zero-order chi connectivity index (χ0) is 42.3. The van der Waals surface area contributed by atoms with Gasteiger partial charge in [0, 0.05) is 38.2 Å². The molecule has 0 saturated carbocycles. The summed E-state index contributed by atoms with van der Waals surface area (Å²) in [6.07, 6.45) is -4.65. The molecule has 7 aromatic carbocycles. The van der Waals surface area contributed by atoms with Gasteiger partial charge in [0.1, 0.15) is 0 Å². The van der Waals surface area contributed by atoms with Crippen molar-refractivity contribution < 1.29 is 13.2 Å².